The molecule has 4 rings (SSSR count). The summed E-state index contributed by atoms with van der Waals surface area (Å²) >= 11 is 0. The van der Waals surface area contributed by atoms with E-state index in [4.69, 9.17) is 23.1 Å². The molecule has 9 nitrogen and oxygen atoms in total. The number of benzene rings is 3. The van der Waals surface area contributed by atoms with Crippen molar-refractivity contribution in [3.8, 4) is 0 Å². The van der Waals surface area contributed by atoms with Gasteiger partial charge in [-0.15, -0.1) is 0 Å². The normalized spacial score (nSPS) is 21.7. The van der Waals surface area contributed by atoms with Gasteiger partial charge in [0, 0.05) is 7.11 Å². The summed E-state index contributed by atoms with van der Waals surface area (Å²) in [6, 6.07) is 22.4. The molecule has 0 aliphatic carbocycles. The maximum atomic E-state index is 13.1. The first kappa shape index (κ1) is 26.5. The van der Waals surface area contributed by atoms with E-state index >= 15 is 0 Å². The van der Waals surface area contributed by atoms with Crippen molar-refractivity contribution in [3.05, 3.63) is 102 Å². The molecule has 1 aliphatic heterocycles. The number of hydrogen-bond donors (Lipinski definition) is 0. The van der Waals surface area contributed by atoms with Crippen molar-refractivity contribution in [1.29, 1.82) is 0 Å². The topological polar surface area (TPSA) is 114 Å². The number of rotatable bonds is 8. The molecule has 3 aromatic carbocycles. The van der Waals surface area contributed by atoms with Crippen LogP contribution in [0.25, 0.3) is 0 Å². The molecule has 0 unspecified atom stereocenters. The molecule has 4 atom stereocenters. The van der Waals surface area contributed by atoms with Gasteiger partial charge < -0.3 is 18.9 Å². The number of methoxy groups -OCH3 is 1. The average Bonchev–Trinajstić information content (AvgIpc) is 2.91. The number of carbonyl (C=O) groups is 2. The molecule has 3 aromatic rings. The smallest absolute Gasteiger partial charge is 0.338 e. The van der Waals surface area contributed by atoms with Crippen LogP contribution in [-0.4, -0.2) is 58.7 Å². The van der Waals surface area contributed by atoms with Crippen LogP contribution in [0.4, 0.5) is 0 Å². The Morgan fingerprint density at radius 2 is 1.30 bits per heavy atom. The fraction of sp³-hybridized carbons (Fsp3) is 0.259. The number of ether oxygens (including phenoxy) is 4. The molecule has 0 aromatic heterocycles. The van der Waals surface area contributed by atoms with Gasteiger partial charge in [-0.3, -0.25) is 4.18 Å². The van der Waals surface area contributed by atoms with Crippen LogP contribution in [0.3, 0.4) is 0 Å². The standard InChI is InChI=1S/C27H26O9S/c1-18-13-15-21(16-14-18)37(30,31)36-22-17-33-27(32-2)24(35-26(29)20-11-7-4-8-12-20)23(22)34-25(28)19-9-5-3-6-10-19/h3-16,22-24,27H,17H2,1-2H3/t22-,23-,24-,27+/m1/s1. The molecule has 194 valence electrons. The van der Waals surface area contributed by atoms with Crippen molar-refractivity contribution in [2.24, 2.45) is 0 Å². The maximum Gasteiger partial charge on any atom is 0.338 e. The van der Waals surface area contributed by atoms with Gasteiger partial charge in [0.15, 0.2) is 18.5 Å². The molecule has 0 N–H and O–H groups in total. The van der Waals surface area contributed by atoms with E-state index in [1.54, 1.807) is 72.8 Å². The van der Waals surface area contributed by atoms with Crippen LogP contribution in [0.1, 0.15) is 26.3 Å². The minimum Gasteiger partial charge on any atom is -0.452 e. The van der Waals surface area contributed by atoms with Crippen molar-refractivity contribution >= 4 is 22.1 Å². The predicted molar refractivity (Wildman–Crippen MR) is 131 cm³/mol. The summed E-state index contributed by atoms with van der Waals surface area (Å²) in [6.07, 6.45) is -5.20. The molecule has 1 aliphatic rings. The third kappa shape index (κ3) is 6.41. The van der Waals surface area contributed by atoms with Gasteiger partial charge >= 0.3 is 11.9 Å². The Morgan fingerprint density at radius 1 is 0.784 bits per heavy atom. The molecule has 0 spiro atoms. The second-order valence-corrected chi connectivity index (χ2v) is 9.88. The molecular formula is C27H26O9S. The van der Waals surface area contributed by atoms with Crippen LogP contribution < -0.4 is 0 Å². The molecule has 1 saturated heterocycles. The molecular weight excluding hydrogens is 500 g/mol. The average molecular weight is 527 g/mol. The first-order chi connectivity index (χ1) is 17.8. The molecule has 1 fully saturated rings. The van der Waals surface area contributed by atoms with E-state index in [2.05, 4.69) is 0 Å². The molecule has 0 saturated carbocycles. The quantitative estimate of drug-likeness (QED) is 0.321. The van der Waals surface area contributed by atoms with Gasteiger partial charge in [0.05, 0.1) is 22.6 Å². The van der Waals surface area contributed by atoms with E-state index in [-0.39, 0.29) is 22.6 Å². The molecule has 0 amide bonds. The lowest BCUT2D eigenvalue weighted by atomic mass is 10.0. The zero-order valence-corrected chi connectivity index (χ0v) is 21.0. The van der Waals surface area contributed by atoms with E-state index in [1.165, 1.54) is 19.2 Å². The molecule has 0 radical (unpaired) electrons. The number of carbonyl (C=O) groups excluding carboxylic acids is 2. The number of esters is 2. The molecule has 37 heavy (non-hydrogen) atoms. The van der Waals surface area contributed by atoms with Gasteiger partial charge in [0.25, 0.3) is 10.1 Å². The van der Waals surface area contributed by atoms with Gasteiger partial charge in [-0.2, -0.15) is 8.42 Å². The molecule has 0 bridgehead atoms. The van der Waals surface area contributed by atoms with Crippen LogP contribution in [0.5, 0.6) is 0 Å². The monoisotopic (exact) mass is 526 g/mol. The highest BCUT2D eigenvalue weighted by Crippen LogP contribution is 2.28. The van der Waals surface area contributed by atoms with Crippen molar-refractivity contribution < 1.29 is 41.1 Å². The van der Waals surface area contributed by atoms with Gasteiger partial charge in [0.2, 0.25) is 0 Å². The van der Waals surface area contributed by atoms with E-state index in [0.29, 0.717) is 0 Å². The van der Waals surface area contributed by atoms with E-state index in [1.807, 2.05) is 6.92 Å². The van der Waals surface area contributed by atoms with Crippen molar-refractivity contribution in [1.82, 2.24) is 0 Å². The van der Waals surface area contributed by atoms with Gasteiger partial charge in [0.1, 0.15) is 6.10 Å². The van der Waals surface area contributed by atoms with E-state index in [0.717, 1.165) is 5.56 Å². The lowest BCUT2D eigenvalue weighted by Crippen LogP contribution is -2.58. The second kappa shape index (κ2) is 11.7. The fourth-order valence-electron chi connectivity index (χ4n) is 3.75. The minimum absolute atomic E-state index is 0.0852. The third-order valence-electron chi connectivity index (χ3n) is 5.68. The summed E-state index contributed by atoms with van der Waals surface area (Å²) in [7, 11) is -2.96. The maximum absolute atomic E-state index is 13.1. The SMILES string of the molecule is CO[C@H]1OC[C@@H](OS(=O)(=O)c2ccc(C)cc2)[C@@H](OC(=O)c2ccccc2)[C@H]1OC(=O)c1ccccc1. The van der Waals surface area contributed by atoms with Crippen LogP contribution >= 0.6 is 0 Å². The van der Waals surface area contributed by atoms with Crippen LogP contribution in [-0.2, 0) is 33.2 Å². The van der Waals surface area contributed by atoms with Crippen molar-refractivity contribution in [2.45, 2.75) is 36.4 Å². The number of aryl methyl sites for hydroxylation is 1. The lowest BCUT2D eigenvalue weighted by Gasteiger charge is -2.39. The first-order valence-corrected chi connectivity index (χ1v) is 12.9. The van der Waals surface area contributed by atoms with E-state index in [9.17, 15) is 18.0 Å². The van der Waals surface area contributed by atoms with Crippen LogP contribution in [0.15, 0.2) is 89.8 Å². The molecule has 1 heterocycles. The zero-order chi connectivity index (χ0) is 26.4. The highest BCUT2D eigenvalue weighted by atomic mass is 32.2. The summed E-state index contributed by atoms with van der Waals surface area (Å²) in [5, 5.41) is 0. The Morgan fingerprint density at radius 3 is 1.81 bits per heavy atom. The zero-order valence-electron chi connectivity index (χ0n) is 20.2. The highest BCUT2D eigenvalue weighted by Gasteiger charge is 2.48. The largest absolute Gasteiger partial charge is 0.452 e. The van der Waals surface area contributed by atoms with Gasteiger partial charge in [-0.05, 0) is 43.3 Å². The predicted octanol–water partition coefficient (Wildman–Crippen LogP) is 3.52. The van der Waals surface area contributed by atoms with Crippen molar-refractivity contribution in [3.63, 3.8) is 0 Å². The first-order valence-electron chi connectivity index (χ1n) is 11.4. The highest BCUT2D eigenvalue weighted by molar-refractivity contribution is 7.86. The Balaban J connectivity index is 1.66. The second-order valence-electron chi connectivity index (χ2n) is 8.31. The van der Waals surface area contributed by atoms with Gasteiger partial charge in [-0.1, -0.05) is 54.1 Å². The number of hydrogen-bond acceptors (Lipinski definition) is 9. The van der Waals surface area contributed by atoms with Gasteiger partial charge in [-0.25, -0.2) is 9.59 Å². The Bertz CT molecular complexity index is 1310. The van der Waals surface area contributed by atoms with Crippen LogP contribution in [0, 0.1) is 6.92 Å². The Kier molecular flexibility index (Phi) is 8.34. The van der Waals surface area contributed by atoms with Crippen LogP contribution in [0.2, 0.25) is 0 Å². The Hall–Kier alpha value is -3.57. The summed E-state index contributed by atoms with van der Waals surface area (Å²) < 4.78 is 53.9. The molecule has 10 heteroatoms. The summed E-state index contributed by atoms with van der Waals surface area (Å²) in [5.74, 6) is -1.50. The summed E-state index contributed by atoms with van der Waals surface area (Å²) in [4.78, 5) is 25.8. The minimum atomic E-state index is -4.29. The van der Waals surface area contributed by atoms with Crippen molar-refractivity contribution in [2.75, 3.05) is 13.7 Å². The third-order valence-corrected chi connectivity index (χ3v) is 7.03. The Labute approximate surface area is 215 Å². The summed E-state index contributed by atoms with van der Waals surface area (Å²) in [5.41, 5.74) is 1.32. The lowest BCUT2D eigenvalue weighted by molar-refractivity contribution is -0.256. The fourth-order valence-corrected chi connectivity index (χ4v) is 4.82. The summed E-state index contributed by atoms with van der Waals surface area (Å²) in [6.45, 7) is 1.51. The van der Waals surface area contributed by atoms with E-state index < -0.39 is 46.7 Å².